The summed E-state index contributed by atoms with van der Waals surface area (Å²) in [6, 6.07) is 0.781. The third-order valence-electron chi connectivity index (χ3n) is 2.17. The van der Waals surface area contributed by atoms with Gasteiger partial charge in [-0.25, -0.2) is 0 Å². The van der Waals surface area contributed by atoms with Gasteiger partial charge in [-0.1, -0.05) is 12.8 Å². The highest BCUT2D eigenvalue weighted by Gasteiger charge is 2.17. The van der Waals surface area contributed by atoms with Crippen LogP contribution in [0.1, 0.15) is 12.8 Å². The first kappa shape index (κ1) is 8.37. The topological polar surface area (TPSA) is 6.48 Å². The molecule has 0 unspecified atom stereocenters. The van der Waals surface area contributed by atoms with Crippen LogP contribution in [-0.2, 0) is 0 Å². The van der Waals surface area contributed by atoms with Crippen molar-refractivity contribution in [2.75, 3.05) is 27.2 Å². The maximum atomic E-state index is 4.29. The molecule has 1 saturated heterocycles. The quantitative estimate of drug-likeness (QED) is 0.568. The van der Waals surface area contributed by atoms with Crippen LogP contribution in [0.2, 0.25) is 0 Å². The van der Waals surface area contributed by atoms with Crippen molar-refractivity contribution in [3.05, 3.63) is 0 Å². The second-order valence-corrected chi connectivity index (χ2v) is 3.71. The van der Waals surface area contributed by atoms with Gasteiger partial charge in [0.1, 0.15) is 0 Å². The summed E-state index contributed by atoms with van der Waals surface area (Å²) in [5.41, 5.74) is 0. The molecule has 1 fully saturated rings. The molecular formula is C7H16N2S. The van der Waals surface area contributed by atoms with Crippen LogP contribution in [0.5, 0.6) is 0 Å². The van der Waals surface area contributed by atoms with Gasteiger partial charge in [-0.2, -0.15) is 0 Å². The summed E-state index contributed by atoms with van der Waals surface area (Å²) in [7, 11) is 4.30. The molecule has 1 heterocycles. The number of hydrogen-bond donors (Lipinski definition) is 1. The zero-order chi connectivity index (χ0) is 7.56. The predicted molar refractivity (Wildman–Crippen MR) is 47.3 cm³/mol. The lowest BCUT2D eigenvalue weighted by atomic mass is 10.1. The fourth-order valence-electron chi connectivity index (χ4n) is 1.37. The zero-order valence-electron chi connectivity index (χ0n) is 6.75. The van der Waals surface area contributed by atoms with Gasteiger partial charge in [-0.15, -0.1) is 0 Å². The normalized spacial score (nSPS) is 24.0. The zero-order valence-corrected chi connectivity index (χ0v) is 7.64. The van der Waals surface area contributed by atoms with Crippen molar-refractivity contribution in [2.45, 2.75) is 18.9 Å². The standard InChI is InChI=1S/C7H16N2S/c1-8(2)7-3-5-9(10)6-4-7/h7,10H,3-6H2,1-2H3. The highest BCUT2D eigenvalue weighted by molar-refractivity contribution is 7.77. The number of hydrogen-bond acceptors (Lipinski definition) is 3. The molecule has 1 aliphatic heterocycles. The maximum absolute atomic E-state index is 4.29. The largest absolute Gasteiger partial charge is 0.306 e. The van der Waals surface area contributed by atoms with Crippen molar-refractivity contribution in [1.29, 1.82) is 0 Å². The molecule has 0 atom stereocenters. The van der Waals surface area contributed by atoms with Gasteiger partial charge in [-0.3, -0.25) is 4.31 Å². The molecule has 0 aromatic rings. The molecule has 0 N–H and O–H groups in total. The predicted octanol–water partition coefficient (Wildman–Crippen LogP) is 0.857. The van der Waals surface area contributed by atoms with Crippen molar-refractivity contribution in [2.24, 2.45) is 0 Å². The van der Waals surface area contributed by atoms with E-state index >= 15 is 0 Å². The van der Waals surface area contributed by atoms with Crippen LogP contribution >= 0.6 is 12.8 Å². The minimum absolute atomic E-state index is 0.781. The van der Waals surface area contributed by atoms with Crippen molar-refractivity contribution in [3.63, 3.8) is 0 Å². The lowest BCUT2D eigenvalue weighted by molar-refractivity contribution is 0.204. The molecular weight excluding hydrogens is 144 g/mol. The third kappa shape index (κ3) is 2.15. The average molecular weight is 160 g/mol. The first-order chi connectivity index (χ1) is 4.70. The lowest BCUT2D eigenvalue weighted by Gasteiger charge is -2.32. The summed E-state index contributed by atoms with van der Waals surface area (Å²) >= 11 is 4.29. The Morgan fingerprint density at radius 1 is 1.30 bits per heavy atom. The van der Waals surface area contributed by atoms with E-state index in [1.165, 1.54) is 12.8 Å². The van der Waals surface area contributed by atoms with Gasteiger partial charge < -0.3 is 4.90 Å². The first-order valence-corrected chi connectivity index (χ1v) is 4.20. The Morgan fingerprint density at radius 3 is 2.20 bits per heavy atom. The van der Waals surface area contributed by atoms with E-state index in [4.69, 9.17) is 0 Å². The Kier molecular flexibility index (Phi) is 3.01. The molecule has 10 heavy (non-hydrogen) atoms. The second-order valence-electron chi connectivity index (χ2n) is 3.15. The van der Waals surface area contributed by atoms with E-state index in [0.717, 1.165) is 19.1 Å². The van der Waals surface area contributed by atoms with E-state index in [1.54, 1.807) is 0 Å². The summed E-state index contributed by atoms with van der Waals surface area (Å²) < 4.78 is 2.10. The van der Waals surface area contributed by atoms with Gasteiger partial charge in [0.25, 0.3) is 0 Å². The summed E-state index contributed by atoms with van der Waals surface area (Å²) in [5, 5.41) is 0. The van der Waals surface area contributed by atoms with Crippen LogP contribution in [-0.4, -0.2) is 42.4 Å². The SMILES string of the molecule is CN(C)C1CCN(S)CC1. The molecule has 0 aromatic heterocycles. The van der Waals surface area contributed by atoms with E-state index in [2.05, 4.69) is 36.1 Å². The van der Waals surface area contributed by atoms with Gasteiger partial charge in [0, 0.05) is 19.1 Å². The fourth-order valence-corrected chi connectivity index (χ4v) is 1.60. The molecule has 0 bridgehead atoms. The Labute approximate surface area is 68.7 Å². The average Bonchev–Trinajstić information content (AvgIpc) is 1.88. The molecule has 2 nitrogen and oxygen atoms in total. The Hall–Kier alpha value is 0.270. The van der Waals surface area contributed by atoms with Crippen LogP contribution in [0.25, 0.3) is 0 Å². The van der Waals surface area contributed by atoms with Crippen molar-refractivity contribution < 1.29 is 0 Å². The minimum Gasteiger partial charge on any atom is -0.306 e. The summed E-state index contributed by atoms with van der Waals surface area (Å²) in [6.45, 7) is 2.26. The highest BCUT2D eigenvalue weighted by Crippen LogP contribution is 2.14. The highest BCUT2D eigenvalue weighted by atomic mass is 32.1. The van der Waals surface area contributed by atoms with E-state index in [0.29, 0.717) is 0 Å². The summed E-state index contributed by atoms with van der Waals surface area (Å²) in [6.07, 6.45) is 2.52. The van der Waals surface area contributed by atoms with Crippen LogP contribution in [0.15, 0.2) is 0 Å². The van der Waals surface area contributed by atoms with Crippen LogP contribution < -0.4 is 0 Å². The molecule has 1 aliphatic rings. The van der Waals surface area contributed by atoms with Crippen LogP contribution in [0, 0.1) is 0 Å². The van der Waals surface area contributed by atoms with Crippen molar-refractivity contribution in [3.8, 4) is 0 Å². The molecule has 0 amide bonds. The van der Waals surface area contributed by atoms with E-state index in [9.17, 15) is 0 Å². The second kappa shape index (κ2) is 3.60. The smallest absolute Gasteiger partial charge is 0.0114 e. The Bertz CT molecular complexity index is 97.8. The van der Waals surface area contributed by atoms with E-state index in [-0.39, 0.29) is 0 Å². The molecule has 1 rings (SSSR count). The fraction of sp³-hybridized carbons (Fsp3) is 1.00. The van der Waals surface area contributed by atoms with Crippen molar-refractivity contribution in [1.82, 2.24) is 9.21 Å². The first-order valence-electron chi connectivity index (χ1n) is 3.80. The number of piperidine rings is 1. The van der Waals surface area contributed by atoms with Gasteiger partial charge in [0.05, 0.1) is 0 Å². The van der Waals surface area contributed by atoms with Crippen molar-refractivity contribution >= 4 is 12.8 Å². The molecule has 0 aliphatic carbocycles. The van der Waals surface area contributed by atoms with Gasteiger partial charge >= 0.3 is 0 Å². The third-order valence-corrected chi connectivity index (χ3v) is 2.57. The Morgan fingerprint density at radius 2 is 1.80 bits per heavy atom. The molecule has 0 radical (unpaired) electrons. The van der Waals surface area contributed by atoms with E-state index < -0.39 is 0 Å². The molecule has 3 heteroatoms. The summed E-state index contributed by atoms with van der Waals surface area (Å²) in [5.74, 6) is 0. The van der Waals surface area contributed by atoms with Gasteiger partial charge in [0.15, 0.2) is 0 Å². The molecule has 0 aromatic carbocycles. The van der Waals surface area contributed by atoms with Gasteiger partial charge in [-0.05, 0) is 26.9 Å². The maximum Gasteiger partial charge on any atom is 0.0114 e. The minimum atomic E-state index is 0.781. The van der Waals surface area contributed by atoms with E-state index in [1.807, 2.05) is 0 Å². The monoisotopic (exact) mass is 160 g/mol. The summed E-state index contributed by atoms with van der Waals surface area (Å²) in [4.78, 5) is 2.31. The van der Waals surface area contributed by atoms with Gasteiger partial charge in [0.2, 0.25) is 0 Å². The molecule has 0 spiro atoms. The number of thiol groups is 1. The van der Waals surface area contributed by atoms with Crippen LogP contribution in [0.3, 0.4) is 0 Å². The lowest BCUT2D eigenvalue weighted by Crippen LogP contribution is -2.38. The van der Waals surface area contributed by atoms with Crippen LogP contribution in [0.4, 0.5) is 0 Å². The molecule has 60 valence electrons. The number of rotatable bonds is 1. The number of nitrogens with zero attached hydrogens (tertiary/aromatic N) is 2. The Balaban J connectivity index is 2.26. The molecule has 0 saturated carbocycles.